The summed E-state index contributed by atoms with van der Waals surface area (Å²) >= 11 is 0. The summed E-state index contributed by atoms with van der Waals surface area (Å²) in [6.07, 6.45) is 4.10. The third kappa shape index (κ3) is 3.60. The van der Waals surface area contributed by atoms with Gasteiger partial charge in [0.05, 0.1) is 11.7 Å². The normalized spacial score (nSPS) is 19.2. The Labute approximate surface area is 147 Å². The number of carbonyl (C=O) groups is 1. The highest BCUT2D eigenvalue weighted by molar-refractivity contribution is 5.77. The summed E-state index contributed by atoms with van der Waals surface area (Å²) in [4.78, 5) is 19.3. The van der Waals surface area contributed by atoms with E-state index in [-0.39, 0.29) is 17.9 Å². The molecule has 2 aromatic heterocycles. The average Bonchev–Trinajstić information content (AvgIpc) is 3.21. The Morgan fingerprint density at radius 3 is 2.72 bits per heavy atom. The van der Waals surface area contributed by atoms with Crippen molar-refractivity contribution in [3.63, 3.8) is 0 Å². The molecule has 2 unspecified atom stereocenters. The van der Waals surface area contributed by atoms with Gasteiger partial charge in [-0.15, -0.1) is 0 Å². The molecule has 7 nitrogen and oxygen atoms in total. The molecule has 25 heavy (non-hydrogen) atoms. The lowest BCUT2D eigenvalue weighted by Crippen LogP contribution is -2.39. The van der Waals surface area contributed by atoms with Crippen LogP contribution < -0.4 is 0 Å². The first-order valence-electron chi connectivity index (χ1n) is 9.06. The van der Waals surface area contributed by atoms with E-state index in [9.17, 15) is 4.79 Å². The number of nitrogens with zero attached hydrogens (tertiary/aromatic N) is 4. The Morgan fingerprint density at radius 2 is 2.08 bits per heavy atom. The number of likely N-dealkylation sites (tertiary alicyclic amines) is 1. The summed E-state index contributed by atoms with van der Waals surface area (Å²) < 4.78 is 10.5. The molecule has 0 aliphatic carbocycles. The zero-order valence-corrected chi connectivity index (χ0v) is 15.4. The van der Waals surface area contributed by atoms with Crippen LogP contribution >= 0.6 is 0 Å². The molecule has 0 bridgehead atoms. The smallest absolute Gasteiger partial charge is 0.226 e. The quantitative estimate of drug-likeness (QED) is 0.824. The van der Waals surface area contributed by atoms with Crippen LogP contribution in [0.25, 0.3) is 0 Å². The van der Waals surface area contributed by atoms with Crippen LogP contribution in [0.2, 0.25) is 0 Å². The maximum Gasteiger partial charge on any atom is 0.226 e. The first-order chi connectivity index (χ1) is 12.0. The lowest BCUT2D eigenvalue weighted by atomic mass is 9.94. The van der Waals surface area contributed by atoms with Crippen LogP contribution in [0.4, 0.5) is 0 Å². The Hall–Kier alpha value is -2.18. The van der Waals surface area contributed by atoms with E-state index in [2.05, 4.69) is 15.3 Å². The molecular weight excluding hydrogens is 320 g/mol. The first kappa shape index (κ1) is 17.6. The van der Waals surface area contributed by atoms with Gasteiger partial charge in [0.1, 0.15) is 5.76 Å². The third-order valence-electron chi connectivity index (χ3n) is 4.97. The van der Waals surface area contributed by atoms with E-state index in [4.69, 9.17) is 9.05 Å². The van der Waals surface area contributed by atoms with Gasteiger partial charge in [-0.2, -0.15) is 4.98 Å². The summed E-state index contributed by atoms with van der Waals surface area (Å²) in [5.41, 5.74) is 1.90. The molecule has 2 aromatic rings. The second-order valence-corrected chi connectivity index (χ2v) is 6.84. The van der Waals surface area contributed by atoms with Gasteiger partial charge < -0.3 is 13.9 Å². The predicted molar refractivity (Wildman–Crippen MR) is 91.0 cm³/mol. The van der Waals surface area contributed by atoms with Crippen molar-refractivity contribution in [3.05, 3.63) is 28.7 Å². The summed E-state index contributed by atoms with van der Waals surface area (Å²) in [7, 11) is 0. The van der Waals surface area contributed by atoms with Gasteiger partial charge in [-0.05, 0) is 39.0 Å². The second kappa shape index (κ2) is 7.37. The van der Waals surface area contributed by atoms with E-state index in [1.54, 1.807) is 0 Å². The second-order valence-electron chi connectivity index (χ2n) is 6.84. The molecule has 1 aliphatic rings. The minimum Gasteiger partial charge on any atom is -0.361 e. The predicted octanol–water partition coefficient (Wildman–Crippen LogP) is 3.48. The molecule has 0 saturated carbocycles. The van der Waals surface area contributed by atoms with Crippen molar-refractivity contribution in [2.24, 2.45) is 0 Å². The Bertz CT molecular complexity index is 717. The highest BCUT2D eigenvalue weighted by atomic mass is 16.5. The van der Waals surface area contributed by atoms with Crippen molar-refractivity contribution in [1.29, 1.82) is 0 Å². The van der Waals surface area contributed by atoms with Gasteiger partial charge in [0.25, 0.3) is 0 Å². The molecule has 7 heteroatoms. The summed E-state index contributed by atoms with van der Waals surface area (Å²) in [6.45, 7) is 8.58. The maximum atomic E-state index is 13.0. The Balaban J connectivity index is 1.74. The first-order valence-corrected chi connectivity index (χ1v) is 9.06. The van der Waals surface area contributed by atoms with E-state index in [1.807, 2.05) is 32.6 Å². The molecule has 1 aliphatic heterocycles. The van der Waals surface area contributed by atoms with Crippen molar-refractivity contribution < 1.29 is 13.8 Å². The van der Waals surface area contributed by atoms with E-state index in [0.717, 1.165) is 42.8 Å². The molecule has 0 N–H and O–H groups in total. The van der Waals surface area contributed by atoms with Crippen molar-refractivity contribution in [1.82, 2.24) is 20.2 Å². The van der Waals surface area contributed by atoms with Gasteiger partial charge in [0.2, 0.25) is 11.8 Å². The van der Waals surface area contributed by atoms with Crippen LogP contribution in [0, 0.1) is 13.8 Å². The van der Waals surface area contributed by atoms with Crippen molar-refractivity contribution in [3.8, 4) is 0 Å². The fraction of sp³-hybridized carbons (Fsp3) is 0.667. The Kier molecular flexibility index (Phi) is 5.20. The van der Waals surface area contributed by atoms with Crippen LogP contribution in [0.15, 0.2) is 9.05 Å². The van der Waals surface area contributed by atoms with Gasteiger partial charge in [0.15, 0.2) is 5.82 Å². The summed E-state index contributed by atoms with van der Waals surface area (Å²) in [5, 5.41) is 8.10. The van der Waals surface area contributed by atoms with Crippen LogP contribution in [-0.2, 0) is 11.2 Å². The van der Waals surface area contributed by atoms with Crippen LogP contribution in [0.1, 0.15) is 80.2 Å². The van der Waals surface area contributed by atoms with Gasteiger partial charge in [0, 0.05) is 24.9 Å². The molecule has 0 radical (unpaired) electrons. The number of rotatable bonds is 5. The molecular formula is C18H26N4O3. The van der Waals surface area contributed by atoms with Gasteiger partial charge >= 0.3 is 0 Å². The molecule has 2 atom stereocenters. The standard InChI is InChI=1S/C18H26N4O3/c1-5-15-19-18(21-25-15)14-8-6-7-9-22(14)16(23)10-11(2)17-12(3)20-24-13(17)4/h11,14H,5-10H2,1-4H3. The molecule has 136 valence electrons. The SMILES string of the molecule is CCc1nc(C2CCCCN2C(=O)CC(C)c2c(C)noc2C)no1. The van der Waals surface area contributed by atoms with Gasteiger partial charge in [-0.3, -0.25) is 4.79 Å². The molecule has 0 spiro atoms. The zero-order valence-electron chi connectivity index (χ0n) is 15.4. The van der Waals surface area contributed by atoms with E-state index >= 15 is 0 Å². The minimum atomic E-state index is -0.0813. The third-order valence-corrected chi connectivity index (χ3v) is 4.97. The van der Waals surface area contributed by atoms with E-state index < -0.39 is 0 Å². The summed E-state index contributed by atoms with van der Waals surface area (Å²) in [6, 6.07) is -0.0813. The van der Waals surface area contributed by atoms with Crippen molar-refractivity contribution in [2.45, 2.75) is 71.8 Å². The fourth-order valence-corrected chi connectivity index (χ4v) is 3.72. The zero-order chi connectivity index (χ0) is 18.0. The largest absolute Gasteiger partial charge is 0.361 e. The van der Waals surface area contributed by atoms with Gasteiger partial charge in [-0.25, -0.2) is 0 Å². The monoisotopic (exact) mass is 346 g/mol. The highest BCUT2D eigenvalue weighted by Crippen LogP contribution is 2.32. The topological polar surface area (TPSA) is 85.3 Å². The number of carbonyl (C=O) groups excluding carboxylic acids is 1. The number of aromatic nitrogens is 3. The number of aryl methyl sites for hydroxylation is 3. The molecule has 0 aromatic carbocycles. The van der Waals surface area contributed by atoms with Crippen molar-refractivity contribution >= 4 is 5.91 Å². The van der Waals surface area contributed by atoms with Crippen LogP contribution in [0.5, 0.6) is 0 Å². The molecule has 1 amide bonds. The maximum absolute atomic E-state index is 13.0. The minimum absolute atomic E-state index is 0.0674. The van der Waals surface area contributed by atoms with E-state index in [0.29, 0.717) is 24.6 Å². The molecule has 1 saturated heterocycles. The number of hydrogen-bond donors (Lipinski definition) is 0. The van der Waals surface area contributed by atoms with Crippen LogP contribution in [0.3, 0.4) is 0 Å². The lowest BCUT2D eigenvalue weighted by molar-refractivity contribution is -0.135. The average molecular weight is 346 g/mol. The lowest BCUT2D eigenvalue weighted by Gasteiger charge is -2.34. The van der Waals surface area contributed by atoms with Gasteiger partial charge in [-0.1, -0.05) is 24.2 Å². The molecule has 1 fully saturated rings. The number of amides is 1. The number of piperidine rings is 1. The Morgan fingerprint density at radius 1 is 1.28 bits per heavy atom. The number of hydrogen-bond acceptors (Lipinski definition) is 6. The van der Waals surface area contributed by atoms with Crippen LogP contribution in [-0.4, -0.2) is 32.6 Å². The van der Waals surface area contributed by atoms with Crippen molar-refractivity contribution in [2.75, 3.05) is 6.54 Å². The summed E-state index contributed by atoms with van der Waals surface area (Å²) in [5.74, 6) is 2.24. The fourth-order valence-electron chi connectivity index (χ4n) is 3.72. The molecule has 3 heterocycles. The molecule has 3 rings (SSSR count). The highest BCUT2D eigenvalue weighted by Gasteiger charge is 2.32. The van der Waals surface area contributed by atoms with E-state index in [1.165, 1.54) is 0 Å².